The highest BCUT2D eigenvalue weighted by Gasteiger charge is 2.29. The van der Waals surface area contributed by atoms with Gasteiger partial charge in [0.25, 0.3) is 0 Å². The number of benzene rings is 1. The third-order valence-corrected chi connectivity index (χ3v) is 2.36. The first kappa shape index (κ1) is 13.6. The van der Waals surface area contributed by atoms with Crippen molar-refractivity contribution in [2.24, 2.45) is 5.73 Å². The third kappa shape index (κ3) is 3.49. The lowest BCUT2D eigenvalue weighted by Crippen LogP contribution is -2.37. The van der Waals surface area contributed by atoms with E-state index in [1.807, 2.05) is 0 Å². The zero-order valence-corrected chi connectivity index (χ0v) is 9.80. The summed E-state index contributed by atoms with van der Waals surface area (Å²) in [5.74, 6) is -1.77. The lowest BCUT2D eigenvalue weighted by atomic mass is 9.89. The minimum absolute atomic E-state index is 0.0365. The SMILES string of the molecule is CCOC(=O)CC(C)(N)c1cc(F)ccc1F. The number of esters is 1. The van der Waals surface area contributed by atoms with Crippen molar-refractivity contribution < 1.29 is 18.3 Å². The van der Waals surface area contributed by atoms with E-state index in [1.54, 1.807) is 6.92 Å². The molecule has 0 heterocycles. The Morgan fingerprint density at radius 2 is 2.12 bits per heavy atom. The molecule has 0 aliphatic rings. The number of carbonyl (C=O) groups is 1. The molecule has 5 heteroatoms. The fraction of sp³-hybridized carbons (Fsp3) is 0.417. The molecule has 0 fully saturated rings. The average molecular weight is 243 g/mol. The van der Waals surface area contributed by atoms with Gasteiger partial charge >= 0.3 is 5.97 Å². The minimum Gasteiger partial charge on any atom is -0.466 e. The van der Waals surface area contributed by atoms with Crippen molar-refractivity contribution in [2.45, 2.75) is 25.8 Å². The van der Waals surface area contributed by atoms with Crippen LogP contribution < -0.4 is 5.73 Å². The molecule has 17 heavy (non-hydrogen) atoms. The number of ether oxygens (including phenoxy) is 1. The van der Waals surface area contributed by atoms with Crippen molar-refractivity contribution in [3.63, 3.8) is 0 Å². The highest BCUT2D eigenvalue weighted by Crippen LogP contribution is 2.25. The van der Waals surface area contributed by atoms with E-state index in [2.05, 4.69) is 0 Å². The standard InChI is InChI=1S/C12H15F2NO2/c1-3-17-11(16)7-12(2,15)9-6-8(13)4-5-10(9)14/h4-6H,3,7,15H2,1-2H3. The van der Waals surface area contributed by atoms with Crippen LogP contribution in [0.2, 0.25) is 0 Å². The minimum atomic E-state index is -1.29. The Bertz CT molecular complexity index is 419. The average Bonchev–Trinajstić information content (AvgIpc) is 2.21. The van der Waals surface area contributed by atoms with Crippen LogP contribution in [0.4, 0.5) is 8.78 Å². The summed E-state index contributed by atoms with van der Waals surface area (Å²) in [7, 11) is 0. The van der Waals surface area contributed by atoms with Gasteiger partial charge in [-0.15, -0.1) is 0 Å². The largest absolute Gasteiger partial charge is 0.466 e. The van der Waals surface area contributed by atoms with Gasteiger partial charge in [-0.25, -0.2) is 8.78 Å². The number of hydrogen-bond donors (Lipinski definition) is 1. The molecule has 0 saturated carbocycles. The molecule has 0 aliphatic carbocycles. The molecule has 0 saturated heterocycles. The number of nitrogens with two attached hydrogens (primary N) is 1. The van der Waals surface area contributed by atoms with Gasteiger partial charge in [0.2, 0.25) is 0 Å². The van der Waals surface area contributed by atoms with Crippen LogP contribution in [0.25, 0.3) is 0 Å². The molecule has 1 atom stereocenters. The Morgan fingerprint density at radius 3 is 2.71 bits per heavy atom. The lowest BCUT2D eigenvalue weighted by molar-refractivity contribution is -0.144. The van der Waals surface area contributed by atoms with Crippen LogP contribution in [-0.2, 0) is 15.1 Å². The molecular weight excluding hydrogens is 228 g/mol. The summed E-state index contributed by atoms with van der Waals surface area (Å²) in [5, 5.41) is 0. The summed E-state index contributed by atoms with van der Waals surface area (Å²) in [6.45, 7) is 3.34. The van der Waals surface area contributed by atoms with Crippen molar-refractivity contribution in [3.8, 4) is 0 Å². The lowest BCUT2D eigenvalue weighted by Gasteiger charge is -2.24. The molecule has 0 bridgehead atoms. The van der Waals surface area contributed by atoms with Crippen molar-refractivity contribution in [1.29, 1.82) is 0 Å². The Labute approximate surface area is 98.6 Å². The molecule has 0 aromatic heterocycles. The molecule has 0 radical (unpaired) electrons. The smallest absolute Gasteiger partial charge is 0.307 e. The maximum absolute atomic E-state index is 13.5. The summed E-state index contributed by atoms with van der Waals surface area (Å²) in [6, 6.07) is 2.98. The molecule has 1 rings (SSSR count). The van der Waals surface area contributed by atoms with Gasteiger partial charge in [0.1, 0.15) is 11.6 Å². The Kier molecular flexibility index (Phi) is 4.17. The van der Waals surface area contributed by atoms with Crippen molar-refractivity contribution in [3.05, 3.63) is 35.4 Å². The molecule has 0 spiro atoms. The number of hydrogen-bond acceptors (Lipinski definition) is 3. The van der Waals surface area contributed by atoms with Gasteiger partial charge in [0.05, 0.1) is 18.6 Å². The second kappa shape index (κ2) is 5.23. The maximum Gasteiger partial charge on any atom is 0.307 e. The van der Waals surface area contributed by atoms with Crippen LogP contribution in [0, 0.1) is 11.6 Å². The monoisotopic (exact) mass is 243 g/mol. The van der Waals surface area contributed by atoms with E-state index in [9.17, 15) is 13.6 Å². The maximum atomic E-state index is 13.5. The summed E-state index contributed by atoms with van der Waals surface area (Å²) in [4.78, 5) is 11.3. The summed E-state index contributed by atoms with van der Waals surface area (Å²) in [5.41, 5.74) is 4.50. The van der Waals surface area contributed by atoms with Crippen LogP contribution in [0.15, 0.2) is 18.2 Å². The fourth-order valence-electron chi connectivity index (χ4n) is 1.54. The molecule has 3 nitrogen and oxygen atoms in total. The number of halogens is 2. The first-order valence-electron chi connectivity index (χ1n) is 5.27. The molecular formula is C12H15F2NO2. The van der Waals surface area contributed by atoms with E-state index < -0.39 is 23.1 Å². The van der Waals surface area contributed by atoms with Gasteiger partial charge in [-0.05, 0) is 32.0 Å². The summed E-state index contributed by atoms with van der Waals surface area (Å²) < 4.78 is 31.3. The quantitative estimate of drug-likeness (QED) is 0.824. The van der Waals surface area contributed by atoms with Crippen molar-refractivity contribution in [1.82, 2.24) is 0 Å². The topological polar surface area (TPSA) is 52.3 Å². The predicted molar refractivity (Wildman–Crippen MR) is 59.1 cm³/mol. The molecule has 1 unspecified atom stereocenters. The van der Waals surface area contributed by atoms with E-state index in [-0.39, 0.29) is 18.6 Å². The first-order chi connectivity index (χ1) is 7.86. The van der Waals surface area contributed by atoms with Crippen LogP contribution in [0.5, 0.6) is 0 Å². The van der Waals surface area contributed by atoms with E-state index in [4.69, 9.17) is 10.5 Å². The number of carbonyl (C=O) groups excluding carboxylic acids is 1. The molecule has 0 aliphatic heterocycles. The molecule has 1 aromatic carbocycles. The zero-order valence-electron chi connectivity index (χ0n) is 9.80. The second-order valence-corrected chi connectivity index (χ2v) is 4.02. The van der Waals surface area contributed by atoms with Crippen LogP contribution in [0.3, 0.4) is 0 Å². The van der Waals surface area contributed by atoms with Gasteiger partial charge in [0, 0.05) is 5.56 Å². The van der Waals surface area contributed by atoms with Gasteiger partial charge in [-0.3, -0.25) is 4.79 Å². The van der Waals surface area contributed by atoms with Crippen LogP contribution in [0.1, 0.15) is 25.8 Å². The van der Waals surface area contributed by atoms with Gasteiger partial charge in [0.15, 0.2) is 0 Å². The normalized spacial score (nSPS) is 14.2. The fourth-order valence-corrected chi connectivity index (χ4v) is 1.54. The highest BCUT2D eigenvalue weighted by molar-refractivity contribution is 5.71. The van der Waals surface area contributed by atoms with Crippen molar-refractivity contribution >= 4 is 5.97 Å². The molecule has 2 N–H and O–H groups in total. The summed E-state index contributed by atoms with van der Waals surface area (Å²) >= 11 is 0. The zero-order chi connectivity index (χ0) is 13.1. The van der Waals surface area contributed by atoms with E-state index >= 15 is 0 Å². The second-order valence-electron chi connectivity index (χ2n) is 4.02. The van der Waals surface area contributed by atoms with Crippen LogP contribution in [-0.4, -0.2) is 12.6 Å². The highest BCUT2D eigenvalue weighted by atomic mass is 19.1. The molecule has 0 amide bonds. The van der Waals surface area contributed by atoms with E-state index in [0.717, 1.165) is 18.2 Å². The first-order valence-corrected chi connectivity index (χ1v) is 5.27. The predicted octanol–water partition coefficient (Wildman–Crippen LogP) is 2.09. The van der Waals surface area contributed by atoms with Crippen LogP contribution >= 0.6 is 0 Å². The van der Waals surface area contributed by atoms with E-state index in [0.29, 0.717) is 0 Å². The van der Waals surface area contributed by atoms with Gasteiger partial charge in [-0.1, -0.05) is 0 Å². The Balaban J connectivity index is 2.95. The Hall–Kier alpha value is -1.49. The van der Waals surface area contributed by atoms with E-state index in [1.165, 1.54) is 6.92 Å². The number of rotatable bonds is 4. The third-order valence-electron chi connectivity index (χ3n) is 2.36. The van der Waals surface area contributed by atoms with Gasteiger partial charge < -0.3 is 10.5 Å². The van der Waals surface area contributed by atoms with Gasteiger partial charge in [-0.2, -0.15) is 0 Å². The van der Waals surface area contributed by atoms with Crippen molar-refractivity contribution in [2.75, 3.05) is 6.61 Å². The molecule has 94 valence electrons. The summed E-state index contributed by atoms with van der Waals surface area (Å²) in [6.07, 6.45) is -0.207. The molecule has 1 aromatic rings. The Morgan fingerprint density at radius 1 is 1.47 bits per heavy atom.